The van der Waals surface area contributed by atoms with Crippen LogP contribution in [0.4, 0.5) is 5.82 Å². The fourth-order valence-corrected chi connectivity index (χ4v) is 2.54. The molecule has 1 aliphatic heterocycles. The van der Waals surface area contributed by atoms with Gasteiger partial charge in [-0.1, -0.05) is 6.07 Å². The van der Waals surface area contributed by atoms with Crippen LogP contribution < -0.4 is 10.4 Å². The SMILES string of the molecule is CN(C)c1ncnc2cc(B3OC(C)(C)C(C)(C)O3)ccc12. The van der Waals surface area contributed by atoms with Gasteiger partial charge in [0.1, 0.15) is 12.1 Å². The van der Waals surface area contributed by atoms with E-state index in [-0.39, 0.29) is 18.3 Å². The van der Waals surface area contributed by atoms with E-state index in [0.717, 1.165) is 22.2 Å². The van der Waals surface area contributed by atoms with E-state index in [1.807, 2.05) is 37.2 Å². The maximum Gasteiger partial charge on any atom is 0.494 e. The van der Waals surface area contributed by atoms with Gasteiger partial charge in [0.25, 0.3) is 0 Å². The van der Waals surface area contributed by atoms with Gasteiger partial charge in [-0.3, -0.25) is 0 Å². The van der Waals surface area contributed by atoms with Gasteiger partial charge in [0.05, 0.1) is 16.7 Å². The van der Waals surface area contributed by atoms with E-state index in [1.165, 1.54) is 0 Å². The maximum absolute atomic E-state index is 6.10. The van der Waals surface area contributed by atoms with Crippen LogP contribution in [0.3, 0.4) is 0 Å². The number of aromatic nitrogens is 2. The van der Waals surface area contributed by atoms with Gasteiger partial charge in [-0.2, -0.15) is 0 Å². The summed E-state index contributed by atoms with van der Waals surface area (Å²) in [6.45, 7) is 8.22. The summed E-state index contributed by atoms with van der Waals surface area (Å²) >= 11 is 0. The molecule has 3 rings (SSSR count). The van der Waals surface area contributed by atoms with E-state index >= 15 is 0 Å². The van der Waals surface area contributed by atoms with Crippen molar-refractivity contribution in [3.8, 4) is 0 Å². The fraction of sp³-hybridized carbons (Fsp3) is 0.500. The summed E-state index contributed by atoms with van der Waals surface area (Å²) in [6.07, 6.45) is 1.59. The molecule has 1 saturated heterocycles. The molecule has 22 heavy (non-hydrogen) atoms. The smallest absolute Gasteiger partial charge is 0.399 e. The molecule has 0 atom stereocenters. The number of anilines is 1. The summed E-state index contributed by atoms with van der Waals surface area (Å²) in [5.41, 5.74) is 1.20. The maximum atomic E-state index is 6.10. The molecule has 5 nitrogen and oxygen atoms in total. The van der Waals surface area contributed by atoms with E-state index in [4.69, 9.17) is 9.31 Å². The molecule has 6 heteroatoms. The molecule has 0 spiro atoms. The average molecular weight is 299 g/mol. The third-order valence-electron chi connectivity index (χ3n) is 4.59. The molecule has 1 aromatic carbocycles. The first-order valence-corrected chi connectivity index (χ1v) is 7.49. The van der Waals surface area contributed by atoms with Crippen molar-refractivity contribution < 1.29 is 9.31 Å². The number of nitrogens with zero attached hydrogens (tertiary/aromatic N) is 3. The van der Waals surface area contributed by atoms with Crippen molar-refractivity contribution in [2.45, 2.75) is 38.9 Å². The topological polar surface area (TPSA) is 47.5 Å². The van der Waals surface area contributed by atoms with E-state index in [1.54, 1.807) is 6.33 Å². The van der Waals surface area contributed by atoms with Gasteiger partial charge in [0.15, 0.2) is 0 Å². The van der Waals surface area contributed by atoms with Gasteiger partial charge in [0.2, 0.25) is 0 Å². The second-order valence-electron chi connectivity index (χ2n) is 6.96. The number of rotatable bonds is 2. The van der Waals surface area contributed by atoms with Gasteiger partial charge in [-0.05, 0) is 45.3 Å². The average Bonchev–Trinajstić information content (AvgIpc) is 2.66. The van der Waals surface area contributed by atoms with Crippen LogP contribution in [-0.2, 0) is 9.31 Å². The Hall–Kier alpha value is -1.66. The van der Waals surface area contributed by atoms with Crippen molar-refractivity contribution in [2.24, 2.45) is 0 Å². The zero-order valence-corrected chi connectivity index (χ0v) is 14.0. The summed E-state index contributed by atoms with van der Waals surface area (Å²) in [5.74, 6) is 0.908. The Labute approximate surface area is 131 Å². The quantitative estimate of drug-likeness (QED) is 0.794. The van der Waals surface area contributed by atoms with Crippen LogP contribution in [0.1, 0.15) is 27.7 Å². The monoisotopic (exact) mass is 299 g/mol. The number of benzene rings is 1. The molecule has 0 aliphatic carbocycles. The Morgan fingerprint density at radius 2 is 1.64 bits per heavy atom. The van der Waals surface area contributed by atoms with Gasteiger partial charge < -0.3 is 14.2 Å². The minimum atomic E-state index is -0.368. The Kier molecular flexibility index (Phi) is 3.42. The first-order chi connectivity index (χ1) is 10.2. The van der Waals surface area contributed by atoms with Crippen molar-refractivity contribution in [1.29, 1.82) is 0 Å². The van der Waals surface area contributed by atoms with Crippen molar-refractivity contribution >= 4 is 29.3 Å². The van der Waals surface area contributed by atoms with Crippen molar-refractivity contribution in [2.75, 3.05) is 19.0 Å². The molecule has 0 N–H and O–H groups in total. The van der Waals surface area contributed by atoms with Gasteiger partial charge in [-0.15, -0.1) is 0 Å². The molecule has 1 aliphatic rings. The zero-order chi connectivity index (χ0) is 16.1. The van der Waals surface area contributed by atoms with Crippen LogP contribution >= 0.6 is 0 Å². The Morgan fingerprint density at radius 1 is 1.00 bits per heavy atom. The second-order valence-corrected chi connectivity index (χ2v) is 6.96. The standard InChI is InChI=1S/C16H22BN3O2/c1-15(2)16(3,4)22-17(21-15)11-7-8-12-13(9-11)18-10-19-14(12)20(5)6/h7-10H,1-6H3. The van der Waals surface area contributed by atoms with Gasteiger partial charge in [0, 0.05) is 19.5 Å². The minimum Gasteiger partial charge on any atom is -0.399 e. The number of hydrogen-bond donors (Lipinski definition) is 0. The van der Waals surface area contributed by atoms with Crippen LogP contribution in [0.25, 0.3) is 10.9 Å². The summed E-state index contributed by atoms with van der Waals surface area (Å²) in [5, 5.41) is 1.02. The lowest BCUT2D eigenvalue weighted by molar-refractivity contribution is 0.00578. The van der Waals surface area contributed by atoms with Crippen molar-refractivity contribution in [3.05, 3.63) is 24.5 Å². The predicted octanol–water partition coefficient (Wildman–Crippen LogP) is 1.99. The highest BCUT2D eigenvalue weighted by Gasteiger charge is 2.51. The van der Waals surface area contributed by atoms with Crippen LogP contribution in [0.15, 0.2) is 24.5 Å². The first-order valence-electron chi connectivity index (χ1n) is 7.49. The molecular weight excluding hydrogens is 277 g/mol. The molecule has 0 bridgehead atoms. The van der Waals surface area contributed by atoms with Crippen LogP contribution in [0.2, 0.25) is 0 Å². The van der Waals surface area contributed by atoms with Crippen LogP contribution in [0, 0.1) is 0 Å². The minimum absolute atomic E-state index is 0.340. The lowest BCUT2D eigenvalue weighted by Crippen LogP contribution is -2.41. The highest BCUT2D eigenvalue weighted by atomic mass is 16.7. The highest BCUT2D eigenvalue weighted by molar-refractivity contribution is 6.62. The molecule has 0 unspecified atom stereocenters. The summed E-state index contributed by atoms with van der Waals surface area (Å²) in [7, 11) is 3.58. The summed E-state index contributed by atoms with van der Waals surface area (Å²) in [6, 6.07) is 6.08. The zero-order valence-electron chi connectivity index (χ0n) is 14.0. The molecule has 0 radical (unpaired) electrons. The molecule has 1 fully saturated rings. The number of hydrogen-bond acceptors (Lipinski definition) is 5. The first kappa shape index (κ1) is 15.2. The largest absolute Gasteiger partial charge is 0.494 e. The molecule has 2 heterocycles. The van der Waals surface area contributed by atoms with E-state index in [2.05, 4.69) is 37.7 Å². The van der Waals surface area contributed by atoms with E-state index in [9.17, 15) is 0 Å². The normalized spacial score (nSPS) is 19.6. The predicted molar refractivity (Wildman–Crippen MR) is 89.6 cm³/mol. The van der Waals surface area contributed by atoms with E-state index < -0.39 is 0 Å². The van der Waals surface area contributed by atoms with Gasteiger partial charge >= 0.3 is 7.12 Å². The Bertz CT molecular complexity index is 700. The Morgan fingerprint density at radius 3 is 2.23 bits per heavy atom. The number of fused-ring (bicyclic) bond motifs is 1. The molecule has 116 valence electrons. The summed E-state index contributed by atoms with van der Waals surface area (Å²) < 4.78 is 12.2. The van der Waals surface area contributed by atoms with Crippen LogP contribution in [-0.4, -0.2) is 42.4 Å². The van der Waals surface area contributed by atoms with E-state index in [0.29, 0.717) is 0 Å². The van der Waals surface area contributed by atoms with Crippen LogP contribution in [0.5, 0.6) is 0 Å². The van der Waals surface area contributed by atoms with Crippen molar-refractivity contribution in [3.63, 3.8) is 0 Å². The lowest BCUT2D eigenvalue weighted by atomic mass is 9.79. The fourth-order valence-electron chi connectivity index (χ4n) is 2.54. The third-order valence-corrected chi connectivity index (χ3v) is 4.59. The summed E-state index contributed by atoms with van der Waals surface area (Å²) in [4.78, 5) is 10.7. The molecule has 0 saturated carbocycles. The molecular formula is C16H22BN3O2. The molecule has 2 aromatic rings. The molecule has 1 aromatic heterocycles. The lowest BCUT2D eigenvalue weighted by Gasteiger charge is -2.32. The highest BCUT2D eigenvalue weighted by Crippen LogP contribution is 2.36. The van der Waals surface area contributed by atoms with Crippen molar-refractivity contribution in [1.82, 2.24) is 9.97 Å². The molecule has 0 amide bonds. The third kappa shape index (κ3) is 2.36. The van der Waals surface area contributed by atoms with Gasteiger partial charge in [-0.25, -0.2) is 9.97 Å². The Balaban J connectivity index is 2.01. The second kappa shape index (κ2) is 4.93.